The van der Waals surface area contributed by atoms with Gasteiger partial charge in [0.1, 0.15) is 23.1 Å². The molecule has 2 aromatic rings. The van der Waals surface area contributed by atoms with Crippen LogP contribution in [0.2, 0.25) is 0 Å². The maximum absolute atomic E-state index is 13.2. The maximum Gasteiger partial charge on any atom is 0.184 e. The van der Waals surface area contributed by atoms with Crippen molar-refractivity contribution in [2.24, 2.45) is 4.99 Å². The Labute approximate surface area is 105 Å². The highest BCUT2D eigenvalue weighted by atomic mass is 19.2. The fourth-order valence-corrected chi connectivity index (χ4v) is 1.38. The molecule has 0 atom stereocenters. The second kappa shape index (κ2) is 5.17. The van der Waals surface area contributed by atoms with Crippen LogP contribution in [0.15, 0.2) is 35.3 Å². The number of aliphatic imine (C=N–C) groups is 1. The van der Waals surface area contributed by atoms with E-state index in [4.69, 9.17) is 0 Å². The summed E-state index contributed by atoms with van der Waals surface area (Å²) in [4.78, 5) is 3.45. The molecule has 19 heavy (non-hydrogen) atoms. The van der Waals surface area contributed by atoms with Crippen molar-refractivity contribution in [3.8, 4) is 0 Å². The Morgan fingerprint density at radius 2 is 1.47 bits per heavy atom. The lowest BCUT2D eigenvalue weighted by atomic mass is 10.2. The number of hydrogen-bond acceptors (Lipinski definition) is 1. The topological polar surface area (TPSA) is 12.4 Å². The Kier molecular flexibility index (Phi) is 3.59. The standard InChI is InChI=1S/C13H6F5N/c14-8-2-1-7(10(16)3-8)6-19-12-5-9(15)4-11(17)13(12)18/h1-6H. The third-order valence-corrected chi connectivity index (χ3v) is 2.28. The molecule has 0 aliphatic heterocycles. The van der Waals surface area contributed by atoms with Crippen molar-refractivity contribution in [2.45, 2.75) is 0 Å². The Balaban J connectivity index is 2.38. The van der Waals surface area contributed by atoms with Crippen LogP contribution in [0.5, 0.6) is 0 Å². The summed E-state index contributed by atoms with van der Waals surface area (Å²) in [6.07, 6.45) is 0.853. The Bertz CT molecular complexity index is 652. The lowest BCUT2D eigenvalue weighted by molar-refractivity contribution is 0.497. The van der Waals surface area contributed by atoms with Gasteiger partial charge in [-0.2, -0.15) is 0 Å². The van der Waals surface area contributed by atoms with E-state index < -0.39 is 34.8 Å². The summed E-state index contributed by atoms with van der Waals surface area (Å²) in [5.74, 6) is -5.45. The van der Waals surface area contributed by atoms with Crippen LogP contribution in [-0.4, -0.2) is 6.21 Å². The zero-order valence-electron chi connectivity index (χ0n) is 9.30. The van der Waals surface area contributed by atoms with Crippen LogP contribution in [0.4, 0.5) is 27.6 Å². The molecule has 98 valence electrons. The van der Waals surface area contributed by atoms with Gasteiger partial charge in [-0.05, 0) is 12.1 Å². The zero-order chi connectivity index (χ0) is 14.0. The van der Waals surface area contributed by atoms with Crippen LogP contribution < -0.4 is 0 Å². The van der Waals surface area contributed by atoms with Crippen molar-refractivity contribution >= 4 is 11.9 Å². The summed E-state index contributed by atoms with van der Waals surface area (Å²) in [7, 11) is 0. The second-order valence-corrected chi connectivity index (χ2v) is 3.64. The van der Waals surface area contributed by atoms with Gasteiger partial charge in [-0.1, -0.05) is 0 Å². The van der Waals surface area contributed by atoms with Crippen LogP contribution in [0, 0.1) is 29.1 Å². The first-order valence-corrected chi connectivity index (χ1v) is 5.11. The number of benzene rings is 2. The average Bonchev–Trinajstić information content (AvgIpc) is 2.33. The lowest BCUT2D eigenvalue weighted by Crippen LogP contribution is -1.91. The van der Waals surface area contributed by atoms with Gasteiger partial charge in [-0.3, -0.25) is 4.99 Å². The fraction of sp³-hybridized carbons (Fsp3) is 0. The quantitative estimate of drug-likeness (QED) is 0.442. The highest BCUT2D eigenvalue weighted by molar-refractivity contribution is 5.82. The molecule has 0 saturated carbocycles. The SMILES string of the molecule is Fc1ccc(C=Nc2cc(F)cc(F)c2F)c(F)c1. The average molecular weight is 271 g/mol. The van der Waals surface area contributed by atoms with Gasteiger partial charge in [0.2, 0.25) is 0 Å². The molecular weight excluding hydrogens is 265 g/mol. The molecule has 1 nitrogen and oxygen atoms in total. The van der Waals surface area contributed by atoms with Gasteiger partial charge in [0.05, 0.1) is 0 Å². The first kappa shape index (κ1) is 13.2. The van der Waals surface area contributed by atoms with Crippen LogP contribution in [0.1, 0.15) is 5.56 Å². The van der Waals surface area contributed by atoms with Crippen LogP contribution in [-0.2, 0) is 0 Å². The molecule has 0 aliphatic rings. The minimum atomic E-state index is -1.40. The molecule has 2 aromatic carbocycles. The number of rotatable bonds is 2. The summed E-state index contributed by atoms with van der Waals surface area (Å²) in [5.41, 5.74) is -0.744. The molecule has 0 amide bonds. The molecule has 0 aliphatic carbocycles. The third kappa shape index (κ3) is 2.96. The Hall–Kier alpha value is -2.24. The molecule has 0 radical (unpaired) electrons. The smallest absolute Gasteiger partial charge is 0.184 e. The molecule has 0 fully saturated rings. The summed E-state index contributed by atoms with van der Waals surface area (Å²) in [6.45, 7) is 0. The van der Waals surface area contributed by atoms with Crippen LogP contribution in [0.3, 0.4) is 0 Å². The van der Waals surface area contributed by atoms with Gasteiger partial charge in [0.25, 0.3) is 0 Å². The Morgan fingerprint density at radius 1 is 0.789 bits per heavy atom. The molecule has 0 bridgehead atoms. The second-order valence-electron chi connectivity index (χ2n) is 3.64. The lowest BCUT2D eigenvalue weighted by Gasteiger charge is -2.00. The number of halogens is 5. The zero-order valence-corrected chi connectivity index (χ0v) is 9.30. The van der Waals surface area contributed by atoms with Crippen molar-refractivity contribution in [3.05, 3.63) is 65.0 Å². The van der Waals surface area contributed by atoms with E-state index in [0.29, 0.717) is 18.2 Å². The summed E-state index contributed by atoms with van der Waals surface area (Å²) in [5, 5.41) is 0. The molecule has 6 heteroatoms. The molecule has 2 rings (SSSR count). The fourth-order valence-electron chi connectivity index (χ4n) is 1.38. The molecule has 0 unspecified atom stereocenters. The first-order valence-electron chi connectivity index (χ1n) is 5.11. The van der Waals surface area contributed by atoms with E-state index in [0.717, 1.165) is 18.3 Å². The molecule has 0 heterocycles. The van der Waals surface area contributed by atoms with Gasteiger partial charge in [0, 0.05) is 30.0 Å². The van der Waals surface area contributed by atoms with Crippen LogP contribution >= 0.6 is 0 Å². The first-order chi connectivity index (χ1) is 8.97. The predicted octanol–water partition coefficient (Wildman–Crippen LogP) is 4.13. The molecule has 0 aromatic heterocycles. The number of hydrogen-bond donors (Lipinski definition) is 0. The normalized spacial score (nSPS) is 11.2. The van der Waals surface area contributed by atoms with Gasteiger partial charge >= 0.3 is 0 Å². The minimum absolute atomic E-state index is 0.134. The van der Waals surface area contributed by atoms with Gasteiger partial charge in [-0.15, -0.1) is 0 Å². The summed E-state index contributed by atoms with van der Waals surface area (Å²) >= 11 is 0. The van der Waals surface area contributed by atoms with Crippen molar-refractivity contribution in [1.82, 2.24) is 0 Å². The van der Waals surface area contributed by atoms with E-state index in [1.165, 1.54) is 0 Å². The van der Waals surface area contributed by atoms with Crippen LogP contribution in [0.25, 0.3) is 0 Å². The Morgan fingerprint density at radius 3 is 2.16 bits per heavy atom. The third-order valence-electron chi connectivity index (χ3n) is 2.28. The van der Waals surface area contributed by atoms with Gasteiger partial charge < -0.3 is 0 Å². The van der Waals surface area contributed by atoms with Crippen molar-refractivity contribution in [3.63, 3.8) is 0 Å². The van der Waals surface area contributed by atoms with E-state index in [9.17, 15) is 22.0 Å². The van der Waals surface area contributed by atoms with Crippen molar-refractivity contribution < 1.29 is 22.0 Å². The monoisotopic (exact) mass is 271 g/mol. The highest BCUT2D eigenvalue weighted by Gasteiger charge is 2.10. The van der Waals surface area contributed by atoms with Crippen molar-refractivity contribution in [2.75, 3.05) is 0 Å². The minimum Gasteiger partial charge on any atom is -0.253 e. The van der Waals surface area contributed by atoms with Gasteiger partial charge in [0.15, 0.2) is 11.6 Å². The predicted molar refractivity (Wildman–Crippen MR) is 59.9 cm³/mol. The number of nitrogens with zero attached hydrogens (tertiary/aromatic N) is 1. The highest BCUT2D eigenvalue weighted by Crippen LogP contribution is 2.22. The summed E-state index contributed by atoms with van der Waals surface area (Å²) < 4.78 is 64.9. The summed E-state index contributed by atoms with van der Waals surface area (Å²) in [6, 6.07) is 3.70. The van der Waals surface area contributed by atoms with E-state index in [1.54, 1.807) is 0 Å². The van der Waals surface area contributed by atoms with Crippen molar-refractivity contribution in [1.29, 1.82) is 0 Å². The molecule has 0 spiro atoms. The van der Waals surface area contributed by atoms with E-state index in [2.05, 4.69) is 4.99 Å². The molecule has 0 saturated heterocycles. The molecule has 0 N–H and O–H groups in total. The largest absolute Gasteiger partial charge is 0.253 e. The van der Waals surface area contributed by atoms with E-state index in [1.807, 2.05) is 0 Å². The van der Waals surface area contributed by atoms with Gasteiger partial charge in [-0.25, -0.2) is 22.0 Å². The van der Waals surface area contributed by atoms with E-state index >= 15 is 0 Å². The van der Waals surface area contributed by atoms with E-state index in [-0.39, 0.29) is 5.56 Å². The maximum atomic E-state index is 13.2. The molecular formula is C13H6F5N.